The molecule has 0 aliphatic rings. The second-order valence-corrected chi connectivity index (χ2v) is 6.45. The summed E-state index contributed by atoms with van der Waals surface area (Å²) in [6, 6.07) is 1.76. The normalized spacial score (nSPS) is 12.6. The number of nitrogens with one attached hydrogen (secondary N) is 1. The van der Waals surface area contributed by atoms with Gasteiger partial charge in [0.05, 0.1) is 11.6 Å². The molecule has 0 radical (unpaired) electrons. The van der Waals surface area contributed by atoms with Gasteiger partial charge in [-0.15, -0.1) is 0 Å². The third-order valence-corrected chi connectivity index (χ3v) is 4.01. The van der Waals surface area contributed by atoms with Gasteiger partial charge in [-0.3, -0.25) is 0 Å². The number of nitrogens with zero attached hydrogens (tertiary/aromatic N) is 6. The first kappa shape index (κ1) is 17.2. The fourth-order valence-corrected chi connectivity index (χ4v) is 2.93. The molecule has 3 rings (SSSR count). The van der Waals surface area contributed by atoms with Crippen molar-refractivity contribution in [1.82, 2.24) is 29.7 Å². The van der Waals surface area contributed by atoms with Crippen molar-refractivity contribution in [1.29, 1.82) is 0 Å². The summed E-state index contributed by atoms with van der Waals surface area (Å²) in [5.41, 5.74) is 0.659. The molecule has 1 unspecified atom stereocenters. The summed E-state index contributed by atoms with van der Waals surface area (Å²) in [5, 5.41) is 17.8. The molecular formula is C17H23N7O. The number of rotatable bonds is 8. The summed E-state index contributed by atoms with van der Waals surface area (Å²) < 4.78 is 1.60. The molecule has 8 nitrogen and oxygen atoms in total. The third-order valence-electron chi connectivity index (χ3n) is 4.01. The largest absolute Gasteiger partial charge is 0.396 e. The molecule has 2 N–H and O–H groups in total. The Bertz CT molecular complexity index is 803. The van der Waals surface area contributed by atoms with Crippen LogP contribution in [0, 0.1) is 11.8 Å². The number of aromatic nitrogens is 6. The van der Waals surface area contributed by atoms with Gasteiger partial charge in [0.2, 0.25) is 0 Å². The lowest BCUT2D eigenvalue weighted by atomic mass is 9.94. The standard InChI is InChI=1S/C17H23N7O/c1-12(2)8-13(4-7-25)9-20-15-14-10-23-24(16(14)22-11-21-15)17-18-5-3-6-19-17/h3,5-6,10-13,25H,4,7-9H2,1-2H3,(H,20,21,22). The minimum atomic E-state index is 0.196. The van der Waals surface area contributed by atoms with Crippen molar-refractivity contribution in [3.8, 4) is 5.95 Å². The monoisotopic (exact) mass is 341 g/mol. The number of aliphatic hydroxyl groups is 1. The molecule has 0 aliphatic carbocycles. The highest BCUT2D eigenvalue weighted by Gasteiger charge is 2.15. The Morgan fingerprint density at radius 2 is 1.96 bits per heavy atom. The Hall–Kier alpha value is -2.61. The average molecular weight is 341 g/mol. The van der Waals surface area contributed by atoms with E-state index >= 15 is 0 Å². The molecular weight excluding hydrogens is 318 g/mol. The van der Waals surface area contributed by atoms with Crippen LogP contribution in [0.2, 0.25) is 0 Å². The maximum Gasteiger partial charge on any atom is 0.252 e. The third kappa shape index (κ3) is 4.08. The highest BCUT2D eigenvalue weighted by Crippen LogP contribution is 2.22. The lowest BCUT2D eigenvalue weighted by molar-refractivity contribution is 0.247. The second-order valence-electron chi connectivity index (χ2n) is 6.45. The summed E-state index contributed by atoms with van der Waals surface area (Å²) in [6.07, 6.45) is 8.39. The van der Waals surface area contributed by atoms with Crippen LogP contribution < -0.4 is 5.32 Å². The smallest absolute Gasteiger partial charge is 0.252 e. The van der Waals surface area contributed by atoms with Crippen molar-refractivity contribution in [3.63, 3.8) is 0 Å². The average Bonchev–Trinajstić information content (AvgIpc) is 3.05. The van der Waals surface area contributed by atoms with Crippen LogP contribution in [-0.4, -0.2) is 48.0 Å². The lowest BCUT2D eigenvalue weighted by Crippen LogP contribution is -2.18. The first-order chi connectivity index (χ1) is 12.2. The Kier molecular flexibility index (Phi) is 5.49. The highest BCUT2D eigenvalue weighted by molar-refractivity contribution is 5.86. The molecule has 0 bridgehead atoms. The van der Waals surface area contributed by atoms with E-state index in [9.17, 15) is 5.11 Å². The predicted octanol–water partition coefficient (Wildman–Crippen LogP) is 2.06. The first-order valence-electron chi connectivity index (χ1n) is 8.50. The number of fused-ring (bicyclic) bond motifs is 1. The van der Waals surface area contributed by atoms with Crippen LogP contribution >= 0.6 is 0 Å². The van der Waals surface area contributed by atoms with E-state index in [1.807, 2.05) is 0 Å². The molecule has 3 aromatic heterocycles. The molecule has 3 heterocycles. The van der Waals surface area contributed by atoms with Gasteiger partial charge >= 0.3 is 0 Å². The Morgan fingerprint density at radius 3 is 2.68 bits per heavy atom. The summed E-state index contributed by atoms with van der Waals surface area (Å²) >= 11 is 0. The van der Waals surface area contributed by atoms with Crippen LogP contribution in [-0.2, 0) is 0 Å². The molecule has 0 saturated carbocycles. The fourth-order valence-electron chi connectivity index (χ4n) is 2.93. The maximum atomic E-state index is 9.27. The van der Waals surface area contributed by atoms with Gasteiger partial charge in [-0.25, -0.2) is 19.9 Å². The summed E-state index contributed by atoms with van der Waals surface area (Å²) in [5.74, 6) is 2.18. The van der Waals surface area contributed by atoms with Gasteiger partial charge in [0, 0.05) is 25.5 Å². The van der Waals surface area contributed by atoms with Crippen LogP contribution in [0.1, 0.15) is 26.7 Å². The van der Waals surface area contributed by atoms with Crippen molar-refractivity contribution in [2.24, 2.45) is 11.8 Å². The van der Waals surface area contributed by atoms with E-state index in [4.69, 9.17) is 0 Å². The van der Waals surface area contributed by atoms with Crippen molar-refractivity contribution >= 4 is 16.9 Å². The highest BCUT2D eigenvalue weighted by atomic mass is 16.3. The van der Waals surface area contributed by atoms with Crippen LogP contribution in [0.15, 0.2) is 31.0 Å². The molecule has 25 heavy (non-hydrogen) atoms. The van der Waals surface area contributed by atoms with Gasteiger partial charge in [0.1, 0.15) is 12.1 Å². The zero-order chi connectivity index (χ0) is 17.6. The maximum absolute atomic E-state index is 9.27. The predicted molar refractivity (Wildman–Crippen MR) is 95.4 cm³/mol. The van der Waals surface area contributed by atoms with Crippen LogP contribution in [0.25, 0.3) is 17.0 Å². The molecule has 132 valence electrons. The minimum absolute atomic E-state index is 0.196. The van der Waals surface area contributed by atoms with Crippen molar-refractivity contribution in [2.75, 3.05) is 18.5 Å². The molecule has 0 amide bonds. The Balaban J connectivity index is 1.82. The van der Waals surface area contributed by atoms with Gasteiger partial charge in [0.15, 0.2) is 5.65 Å². The number of aliphatic hydroxyl groups excluding tert-OH is 1. The van der Waals surface area contributed by atoms with Crippen molar-refractivity contribution < 1.29 is 5.11 Å². The van der Waals surface area contributed by atoms with E-state index in [1.165, 1.54) is 6.33 Å². The fraction of sp³-hybridized carbons (Fsp3) is 0.471. The topological polar surface area (TPSA) is 102 Å². The number of hydrogen-bond donors (Lipinski definition) is 2. The molecule has 0 aromatic carbocycles. The summed E-state index contributed by atoms with van der Waals surface area (Å²) in [6.45, 7) is 5.33. The second kappa shape index (κ2) is 7.98. The van der Waals surface area contributed by atoms with E-state index in [0.717, 1.165) is 30.6 Å². The SMILES string of the molecule is CC(C)CC(CCO)CNc1ncnc2c1cnn2-c1ncccn1. The Morgan fingerprint density at radius 1 is 1.16 bits per heavy atom. The quantitative estimate of drug-likeness (QED) is 0.646. The zero-order valence-electron chi connectivity index (χ0n) is 14.5. The van der Waals surface area contributed by atoms with E-state index in [-0.39, 0.29) is 6.61 Å². The van der Waals surface area contributed by atoms with Gasteiger partial charge in [-0.2, -0.15) is 9.78 Å². The molecule has 0 spiro atoms. The summed E-state index contributed by atoms with van der Waals surface area (Å²) in [4.78, 5) is 17.1. The molecule has 0 aliphatic heterocycles. The van der Waals surface area contributed by atoms with Gasteiger partial charge < -0.3 is 10.4 Å². The molecule has 8 heteroatoms. The van der Waals surface area contributed by atoms with E-state index in [1.54, 1.807) is 29.3 Å². The van der Waals surface area contributed by atoms with Crippen molar-refractivity contribution in [2.45, 2.75) is 26.7 Å². The van der Waals surface area contributed by atoms with Crippen LogP contribution in [0.4, 0.5) is 5.82 Å². The molecule has 0 fully saturated rings. The zero-order valence-corrected chi connectivity index (χ0v) is 14.5. The summed E-state index contributed by atoms with van der Waals surface area (Å²) in [7, 11) is 0. The van der Waals surface area contributed by atoms with E-state index in [0.29, 0.717) is 23.4 Å². The Labute approximate surface area is 146 Å². The van der Waals surface area contributed by atoms with Crippen LogP contribution in [0.3, 0.4) is 0 Å². The van der Waals surface area contributed by atoms with Gasteiger partial charge in [-0.1, -0.05) is 13.8 Å². The van der Waals surface area contributed by atoms with Gasteiger partial charge in [-0.05, 0) is 30.7 Å². The van der Waals surface area contributed by atoms with Crippen molar-refractivity contribution in [3.05, 3.63) is 31.0 Å². The van der Waals surface area contributed by atoms with E-state index < -0.39 is 0 Å². The number of anilines is 1. The lowest BCUT2D eigenvalue weighted by Gasteiger charge is -2.19. The van der Waals surface area contributed by atoms with Gasteiger partial charge in [0.25, 0.3) is 5.95 Å². The molecule has 3 aromatic rings. The molecule has 0 saturated heterocycles. The minimum Gasteiger partial charge on any atom is -0.396 e. The number of hydrogen-bond acceptors (Lipinski definition) is 7. The van der Waals surface area contributed by atoms with E-state index in [2.05, 4.69) is 44.2 Å². The first-order valence-corrected chi connectivity index (χ1v) is 8.50. The van der Waals surface area contributed by atoms with Crippen LogP contribution in [0.5, 0.6) is 0 Å². The molecule has 1 atom stereocenters.